The fraction of sp³-hybridized carbons (Fsp3) is 0.514. The first-order chi connectivity index (χ1) is 22.8. The third kappa shape index (κ3) is 6.34. The molecule has 13 heteroatoms. The van der Waals surface area contributed by atoms with Gasteiger partial charge < -0.3 is 30.8 Å². The summed E-state index contributed by atoms with van der Waals surface area (Å²) in [6, 6.07) is 12.6. The molecule has 0 bridgehead atoms. The number of alkyl halides is 2. The maximum Gasteiger partial charge on any atom is 0.329 e. The Hall–Kier alpha value is -4.55. The van der Waals surface area contributed by atoms with Crippen LogP contribution in [0.25, 0.3) is 11.1 Å². The Balaban J connectivity index is 1.27. The number of benzene rings is 2. The van der Waals surface area contributed by atoms with Gasteiger partial charge in [0.1, 0.15) is 29.4 Å². The number of carbonyl (C=O) groups excluding carboxylic acids is 3. The number of carboxylic acids is 1. The summed E-state index contributed by atoms with van der Waals surface area (Å²) in [6.07, 6.45) is -0.539. The first-order valence-electron chi connectivity index (χ1n) is 16.4. The van der Waals surface area contributed by atoms with Crippen molar-refractivity contribution in [1.29, 1.82) is 0 Å². The molecule has 3 fully saturated rings. The molecule has 3 aliphatic carbocycles. The number of carbonyl (C=O) groups is 4. The van der Waals surface area contributed by atoms with E-state index in [1.807, 2.05) is 48.5 Å². The lowest BCUT2D eigenvalue weighted by molar-refractivity contribution is -0.147. The van der Waals surface area contributed by atoms with E-state index in [2.05, 4.69) is 21.1 Å². The molecule has 0 radical (unpaired) electrons. The van der Waals surface area contributed by atoms with Crippen LogP contribution in [0.2, 0.25) is 0 Å². The van der Waals surface area contributed by atoms with Crippen LogP contribution in [0.1, 0.15) is 70.4 Å². The summed E-state index contributed by atoms with van der Waals surface area (Å²) >= 11 is 0. The van der Waals surface area contributed by atoms with E-state index >= 15 is 0 Å². The van der Waals surface area contributed by atoms with E-state index in [4.69, 9.17) is 4.84 Å². The van der Waals surface area contributed by atoms with Crippen LogP contribution in [0, 0.1) is 11.3 Å². The van der Waals surface area contributed by atoms with Gasteiger partial charge in [-0.25, -0.2) is 18.4 Å². The molecule has 48 heavy (non-hydrogen) atoms. The lowest BCUT2D eigenvalue weighted by Gasteiger charge is -2.35. The molecule has 1 aliphatic heterocycles. The van der Waals surface area contributed by atoms with Crippen molar-refractivity contribution in [3.63, 3.8) is 0 Å². The van der Waals surface area contributed by atoms with Crippen molar-refractivity contribution in [1.82, 2.24) is 20.9 Å². The van der Waals surface area contributed by atoms with Crippen molar-refractivity contribution in [2.75, 3.05) is 6.54 Å². The zero-order valence-electron chi connectivity index (χ0n) is 27.2. The number of urea groups is 1. The topological polar surface area (TPSA) is 149 Å². The number of halogens is 2. The molecule has 2 aromatic rings. The van der Waals surface area contributed by atoms with Crippen molar-refractivity contribution in [2.45, 2.75) is 95.5 Å². The van der Waals surface area contributed by atoms with Gasteiger partial charge in [-0.3, -0.25) is 9.59 Å². The fourth-order valence-corrected chi connectivity index (χ4v) is 7.17. The smallest absolute Gasteiger partial charge is 0.329 e. The van der Waals surface area contributed by atoms with Gasteiger partial charge in [0.05, 0.1) is 12.5 Å². The fourth-order valence-electron chi connectivity index (χ4n) is 7.17. The second kappa shape index (κ2) is 12.8. The van der Waals surface area contributed by atoms with Gasteiger partial charge in [-0.1, -0.05) is 87.3 Å². The minimum Gasteiger partial charge on any atom is -0.479 e. The summed E-state index contributed by atoms with van der Waals surface area (Å²) < 4.78 is 27.1. The first kappa shape index (κ1) is 33.4. The molecule has 1 saturated heterocycles. The van der Waals surface area contributed by atoms with Crippen LogP contribution < -0.4 is 16.0 Å². The van der Waals surface area contributed by atoms with Crippen molar-refractivity contribution in [3.05, 3.63) is 59.7 Å². The normalized spacial score (nSPS) is 25.2. The van der Waals surface area contributed by atoms with E-state index in [0.29, 0.717) is 5.71 Å². The van der Waals surface area contributed by atoms with Crippen LogP contribution in [0.3, 0.4) is 0 Å². The second-order valence-electron chi connectivity index (χ2n) is 14.3. The van der Waals surface area contributed by atoms with Crippen LogP contribution in [-0.4, -0.2) is 82.3 Å². The van der Waals surface area contributed by atoms with Crippen LogP contribution in [0.5, 0.6) is 0 Å². The number of hydrogen-bond donors (Lipinski definition) is 4. The van der Waals surface area contributed by atoms with Crippen LogP contribution in [0.15, 0.2) is 53.7 Å². The highest BCUT2D eigenvalue weighted by Crippen LogP contribution is 2.48. The molecule has 4 N–H and O–H groups in total. The number of hydrogen-bond acceptors (Lipinski definition) is 6. The molecular weight excluding hydrogens is 624 g/mol. The third-order valence-electron chi connectivity index (χ3n) is 9.92. The Bertz CT molecular complexity index is 1590. The lowest BCUT2D eigenvalue weighted by Crippen LogP contribution is -2.60. The molecular formula is C35H41F2N5O6. The number of oxime groups is 1. The lowest BCUT2D eigenvalue weighted by atomic mass is 9.85. The van der Waals surface area contributed by atoms with Gasteiger partial charge in [0, 0.05) is 23.6 Å². The molecule has 0 unspecified atom stereocenters. The Morgan fingerprint density at radius 1 is 0.979 bits per heavy atom. The molecule has 2 aromatic carbocycles. The van der Waals surface area contributed by atoms with Crippen molar-refractivity contribution < 1.29 is 37.9 Å². The molecule has 5 atom stereocenters. The molecule has 256 valence electrons. The highest BCUT2D eigenvalue weighted by molar-refractivity contribution is 6.24. The Kier molecular flexibility index (Phi) is 8.90. The van der Waals surface area contributed by atoms with E-state index in [1.165, 1.54) is 4.90 Å². The van der Waals surface area contributed by atoms with Crippen molar-refractivity contribution in [2.24, 2.45) is 16.5 Å². The summed E-state index contributed by atoms with van der Waals surface area (Å²) in [6.45, 7) is 5.24. The SMILES string of the molecule is CC(C)(C)[C@H](NC(=O)NC1CCCC1)C(=O)N1C[C@H](ON=C2c3ccccc3-c3ccccc32)C[C@H]1C(=O)N[C@@]1(C(=O)O)C[C@H]1C(F)F. The van der Waals surface area contributed by atoms with Crippen LogP contribution in [-0.2, 0) is 19.2 Å². The minimum atomic E-state index is -2.94. The van der Waals surface area contributed by atoms with Gasteiger partial charge in [0.15, 0.2) is 0 Å². The molecule has 11 nitrogen and oxygen atoms in total. The molecule has 4 amide bonds. The average Bonchev–Trinajstić information content (AvgIpc) is 3.33. The van der Waals surface area contributed by atoms with Crippen molar-refractivity contribution in [3.8, 4) is 11.1 Å². The zero-order chi connectivity index (χ0) is 34.4. The van der Waals surface area contributed by atoms with E-state index in [9.17, 15) is 33.1 Å². The monoisotopic (exact) mass is 665 g/mol. The van der Waals surface area contributed by atoms with E-state index in [0.717, 1.165) is 47.9 Å². The maximum atomic E-state index is 14.3. The standard InChI is InChI=1S/C35H41F2N5O6/c1-34(2,3)28(39-33(47)38-19-10-4-5-11-19)31(44)42-18-20(16-26(42)30(43)40-35(32(45)46)17-25(35)29(36)37)48-41-27-23-14-8-6-12-21(23)22-13-7-9-15-24(22)27/h6-9,12-15,19-20,25-26,28-29H,4-5,10-11,16-18H2,1-3H3,(H,40,43)(H,45,46)(H2,38,39,47)/t20-,25+,26+,28-,35+/m1/s1. The van der Waals surface area contributed by atoms with Crippen molar-refractivity contribution >= 4 is 29.5 Å². The van der Waals surface area contributed by atoms with E-state index < -0.39 is 71.7 Å². The number of likely N-dealkylation sites (tertiary alicyclic amines) is 1. The van der Waals surface area contributed by atoms with Gasteiger partial charge >= 0.3 is 12.0 Å². The quantitative estimate of drug-likeness (QED) is 0.251. The summed E-state index contributed by atoms with van der Waals surface area (Å²) in [5, 5.41) is 22.4. The predicted molar refractivity (Wildman–Crippen MR) is 172 cm³/mol. The number of rotatable bonds is 9. The van der Waals surface area contributed by atoms with E-state index in [1.54, 1.807) is 20.8 Å². The Morgan fingerprint density at radius 2 is 1.56 bits per heavy atom. The molecule has 0 aromatic heterocycles. The highest BCUT2D eigenvalue weighted by Gasteiger charge is 2.66. The highest BCUT2D eigenvalue weighted by atomic mass is 19.3. The number of fused-ring (bicyclic) bond motifs is 3. The third-order valence-corrected chi connectivity index (χ3v) is 9.92. The molecule has 4 aliphatic rings. The summed E-state index contributed by atoms with van der Waals surface area (Å²) in [5.41, 5.74) is 1.37. The Morgan fingerprint density at radius 3 is 2.08 bits per heavy atom. The predicted octanol–water partition coefficient (Wildman–Crippen LogP) is 4.29. The Labute approximate surface area is 277 Å². The molecule has 6 rings (SSSR count). The molecule has 2 saturated carbocycles. The summed E-state index contributed by atoms with van der Waals surface area (Å²) in [4.78, 5) is 60.4. The number of nitrogens with zero attached hydrogens (tertiary/aromatic N) is 2. The number of aliphatic carboxylic acids is 1. The number of amides is 4. The second-order valence-corrected chi connectivity index (χ2v) is 14.3. The largest absolute Gasteiger partial charge is 0.479 e. The number of nitrogens with one attached hydrogen (secondary N) is 3. The van der Waals surface area contributed by atoms with Gasteiger partial charge in [-0.05, 0) is 35.8 Å². The number of carboxylic acid groups (broad SMARTS) is 1. The van der Waals surface area contributed by atoms with Gasteiger partial charge in [-0.15, -0.1) is 0 Å². The van der Waals surface area contributed by atoms with Crippen LogP contribution >= 0.6 is 0 Å². The minimum absolute atomic E-state index is 0.00213. The molecule has 1 heterocycles. The maximum absolute atomic E-state index is 14.3. The van der Waals surface area contributed by atoms with E-state index in [-0.39, 0.29) is 19.0 Å². The van der Waals surface area contributed by atoms with Gasteiger partial charge in [0.2, 0.25) is 18.2 Å². The summed E-state index contributed by atoms with van der Waals surface area (Å²) in [5.74, 6) is -4.57. The average molecular weight is 666 g/mol. The zero-order valence-corrected chi connectivity index (χ0v) is 27.2. The summed E-state index contributed by atoms with van der Waals surface area (Å²) in [7, 11) is 0. The van der Waals surface area contributed by atoms with Crippen LogP contribution in [0.4, 0.5) is 13.6 Å². The molecule has 0 spiro atoms. The van der Waals surface area contributed by atoms with Gasteiger partial charge in [-0.2, -0.15) is 0 Å². The first-order valence-corrected chi connectivity index (χ1v) is 16.4. The van der Waals surface area contributed by atoms with Gasteiger partial charge in [0.25, 0.3) is 0 Å².